The van der Waals surface area contributed by atoms with E-state index in [1.165, 1.54) is 5.41 Å². The van der Waals surface area contributed by atoms with Crippen LogP contribution >= 0.6 is 11.6 Å². The number of nitrogens with one attached hydrogen (secondary N) is 1. The lowest BCUT2D eigenvalue weighted by Crippen LogP contribution is -2.40. The van der Waals surface area contributed by atoms with Gasteiger partial charge >= 0.3 is 0 Å². The highest BCUT2D eigenvalue weighted by Crippen LogP contribution is 2.27. The topological polar surface area (TPSA) is 49.4 Å². The maximum absolute atomic E-state index is 12.4. The zero-order valence-corrected chi connectivity index (χ0v) is 13.3. The van der Waals surface area contributed by atoms with Crippen LogP contribution in [-0.4, -0.2) is 38.4 Å². The highest BCUT2D eigenvalue weighted by atomic mass is 35.5. The number of fused-ring (bicyclic) bond motifs is 1. The lowest BCUT2D eigenvalue weighted by atomic mass is 9.94. The lowest BCUT2D eigenvalue weighted by molar-refractivity contribution is 0.339. The molecule has 0 bridgehead atoms. The number of nitrogens with zero attached hydrogens (tertiary/aromatic N) is 1. The third kappa shape index (κ3) is 3.48. The normalized spacial score (nSPS) is 27.1. The van der Waals surface area contributed by atoms with Gasteiger partial charge in [0.05, 0.1) is 0 Å². The minimum absolute atomic E-state index is 0.317. The molecular formula is C15H19ClN2O2S. The smallest absolute Gasteiger partial charge is 0.236 e. The predicted molar refractivity (Wildman–Crippen MR) is 85.5 cm³/mol. The summed E-state index contributed by atoms with van der Waals surface area (Å²) in [7, 11) is -3.35. The van der Waals surface area contributed by atoms with Crippen molar-refractivity contribution < 1.29 is 8.42 Å². The Balaban J connectivity index is 1.70. The second-order valence-electron chi connectivity index (χ2n) is 5.68. The van der Waals surface area contributed by atoms with E-state index in [0.717, 1.165) is 24.9 Å². The number of hydrogen-bond donors (Lipinski definition) is 1. The van der Waals surface area contributed by atoms with Gasteiger partial charge in [0.1, 0.15) is 0 Å². The van der Waals surface area contributed by atoms with Crippen LogP contribution in [0.1, 0.15) is 18.4 Å². The lowest BCUT2D eigenvalue weighted by Gasteiger charge is -2.24. The quantitative estimate of drug-likeness (QED) is 0.927. The summed E-state index contributed by atoms with van der Waals surface area (Å²) in [5, 5.41) is 5.36. The van der Waals surface area contributed by atoms with Gasteiger partial charge in [0, 0.05) is 29.6 Å². The third-order valence-electron chi connectivity index (χ3n) is 4.23. The van der Waals surface area contributed by atoms with E-state index in [0.29, 0.717) is 30.1 Å². The molecule has 1 aromatic carbocycles. The predicted octanol–water partition coefficient (Wildman–Crippen LogP) is 2.32. The molecule has 0 radical (unpaired) electrons. The van der Waals surface area contributed by atoms with Crippen LogP contribution in [0.15, 0.2) is 29.7 Å². The number of benzene rings is 1. The molecule has 2 atom stereocenters. The van der Waals surface area contributed by atoms with E-state index in [1.54, 1.807) is 34.6 Å². The molecule has 6 heteroatoms. The van der Waals surface area contributed by atoms with E-state index >= 15 is 0 Å². The van der Waals surface area contributed by atoms with Crippen LogP contribution in [0.2, 0.25) is 5.02 Å². The highest BCUT2D eigenvalue weighted by molar-refractivity contribution is 7.92. The minimum Gasteiger partial charge on any atom is -0.312 e. The Morgan fingerprint density at radius 1 is 1.24 bits per heavy atom. The highest BCUT2D eigenvalue weighted by Gasteiger charge is 2.38. The van der Waals surface area contributed by atoms with Gasteiger partial charge < -0.3 is 5.32 Å². The molecule has 3 rings (SSSR count). The molecule has 0 amide bonds. The molecule has 114 valence electrons. The van der Waals surface area contributed by atoms with Crippen LogP contribution in [0.5, 0.6) is 0 Å². The average molecular weight is 327 g/mol. The molecule has 0 saturated carbocycles. The Bertz CT molecular complexity index is 614. The molecule has 4 nitrogen and oxygen atoms in total. The Hall–Kier alpha value is -0.880. The molecule has 2 saturated heterocycles. The van der Waals surface area contributed by atoms with Gasteiger partial charge in [0.25, 0.3) is 0 Å². The Morgan fingerprint density at radius 2 is 2.00 bits per heavy atom. The fourth-order valence-electron chi connectivity index (χ4n) is 3.04. The summed E-state index contributed by atoms with van der Waals surface area (Å²) in [6, 6.07) is 7.43. The van der Waals surface area contributed by atoms with Crippen molar-refractivity contribution in [2.24, 2.45) is 5.92 Å². The zero-order valence-electron chi connectivity index (χ0n) is 11.7. The Kier molecular flexibility index (Phi) is 4.36. The first-order valence-corrected chi connectivity index (χ1v) is 9.10. The minimum atomic E-state index is -3.35. The van der Waals surface area contributed by atoms with E-state index < -0.39 is 10.0 Å². The summed E-state index contributed by atoms with van der Waals surface area (Å²) < 4.78 is 26.4. The van der Waals surface area contributed by atoms with Gasteiger partial charge in [0.2, 0.25) is 10.0 Å². The molecule has 2 unspecified atom stereocenters. The van der Waals surface area contributed by atoms with E-state index in [-0.39, 0.29) is 0 Å². The molecule has 2 heterocycles. The first-order chi connectivity index (χ1) is 10.0. The molecule has 21 heavy (non-hydrogen) atoms. The Morgan fingerprint density at radius 3 is 2.71 bits per heavy atom. The molecule has 0 aliphatic carbocycles. The second kappa shape index (κ2) is 6.08. The number of halogens is 1. The second-order valence-corrected chi connectivity index (χ2v) is 7.93. The van der Waals surface area contributed by atoms with Gasteiger partial charge in [-0.1, -0.05) is 23.7 Å². The van der Waals surface area contributed by atoms with E-state index in [1.807, 2.05) is 0 Å². The molecule has 1 N–H and O–H groups in total. The van der Waals surface area contributed by atoms with Gasteiger partial charge in [0.15, 0.2) is 0 Å². The SMILES string of the molecule is O=S(=O)(/C=C/c1ccc(Cl)cc1)N1CC2CCCNC2C1. The largest absolute Gasteiger partial charge is 0.312 e. The maximum Gasteiger partial charge on any atom is 0.236 e. The van der Waals surface area contributed by atoms with Crippen molar-refractivity contribution in [2.45, 2.75) is 18.9 Å². The van der Waals surface area contributed by atoms with Crippen LogP contribution in [0, 0.1) is 5.92 Å². The zero-order chi connectivity index (χ0) is 14.9. The van der Waals surface area contributed by atoms with Gasteiger partial charge in [-0.15, -0.1) is 0 Å². The first-order valence-electron chi connectivity index (χ1n) is 7.22. The summed E-state index contributed by atoms with van der Waals surface area (Å²) >= 11 is 5.82. The number of sulfonamides is 1. The molecule has 1 aromatic rings. The van der Waals surface area contributed by atoms with E-state index in [2.05, 4.69) is 5.32 Å². The van der Waals surface area contributed by atoms with Crippen molar-refractivity contribution in [3.05, 3.63) is 40.3 Å². The van der Waals surface area contributed by atoms with E-state index in [4.69, 9.17) is 11.6 Å². The van der Waals surface area contributed by atoms with Gasteiger partial charge in [-0.25, -0.2) is 8.42 Å². The number of hydrogen-bond acceptors (Lipinski definition) is 3. The first kappa shape index (κ1) is 15.0. The van der Waals surface area contributed by atoms with Crippen molar-refractivity contribution in [2.75, 3.05) is 19.6 Å². The van der Waals surface area contributed by atoms with Crippen molar-refractivity contribution in [3.8, 4) is 0 Å². The monoisotopic (exact) mass is 326 g/mol. The van der Waals surface area contributed by atoms with Crippen molar-refractivity contribution in [1.82, 2.24) is 9.62 Å². The van der Waals surface area contributed by atoms with Gasteiger partial charge in [-0.05, 0) is 49.1 Å². The molecule has 2 aliphatic heterocycles. The summed E-state index contributed by atoms with van der Waals surface area (Å²) in [5.41, 5.74) is 0.831. The molecule has 2 aliphatic rings. The summed E-state index contributed by atoms with van der Waals surface area (Å²) in [6.45, 7) is 2.21. The number of piperidine rings is 1. The molecular weight excluding hydrogens is 308 g/mol. The van der Waals surface area contributed by atoms with Gasteiger partial charge in [-0.2, -0.15) is 4.31 Å². The van der Waals surface area contributed by atoms with Crippen molar-refractivity contribution in [1.29, 1.82) is 0 Å². The van der Waals surface area contributed by atoms with Crippen molar-refractivity contribution in [3.63, 3.8) is 0 Å². The molecule has 0 spiro atoms. The van der Waals surface area contributed by atoms with E-state index in [9.17, 15) is 8.42 Å². The van der Waals surface area contributed by atoms with Crippen LogP contribution in [0.3, 0.4) is 0 Å². The fraction of sp³-hybridized carbons (Fsp3) is 0.467. The van der Waals surface area contributed by atoms with Crippen LogP contribution in [0.4, 0.5) is 0 Å². The van der Waals surface area contributed by atoms with Gasteiger partial charge in [-0.3, -0.25) is 0 Å². The van der Waals surface area contributed by atoms with Crippen LogP contribution in [0.25, 0.3) is 6.08 Å². The number of rotatable bonds is 3. The summed E-state index contributed by atoms with van der Waals surface area (Å²) in [4.78, 5) is 0. The van der Waals surface area contributed by atoms with Crippen molar-refractivity contribution >= 4 is 27.7 Å². The molecule has 0 aromatic heterocycles. The summed E-state index contributed by atoms with van der Waals surface area (Å²) in [5.74, 6) is 0.456. The third-order valence-corrected chi connectivity index (χ3v) is 5.98. The Labute approximate surface area is 130 Å². The maximum atomic E-state index is 12.4. The van der Waals surface area contributed by atoms with Crippen LogP contribution in [-0.2, 0) is 10.0 Å². The fourth-order valence-corrected chi connectivity index (χ4v) is 4.43. The van der Waals surface area contributed by atoms with Crippen LogP contribution < -0.4 is 5.32 Å². The average Bonchev–Trinajstić information content (AvgIpc) is 2.91. The summed E-state index contributed by atoms with van der Waals surface area (Å²) in [6.07, 6.45) is 3.88. The molecule has 2 fully saturated rings. The standard InChI is InChI=1S/C15H19ClN2O2S/c16-14-5-3-12(4-6-14)7-9-21(19,20)18-10-13-2-1-8-17-15(13)11-18/h3-7,9,13,15,17H,1-2,8,10-11H2/b9-7+.